The van der Waals surface area contributed by atoms with Gasteiger partial charge in [-0.05, 0) is 48.5 Å². The monoisotopic (exact) mass is 994 g/mol. The Kier molecular flexibility index (Phi) is 16.4. The van der Waals surface area contributed by atoms with Crippen molar-refractivity contribution >= 4 is 86.4 Å². The Morgan fingerprint density at radius 1 is 0.746 bits per heavy atom. The number of benzene rings is 2. The minimum Gasteiger partial charge on any atom is -0.478 e. The summed E-state index contributed by atoms with van der Waals surface area (Å²) in [6.45, 7) is 4.87. The van der Waals surface area contributed by atoms with E-state index in [0.29, 0.717) is 99.3 Å². The van der Waals surface area contributed by atoms with Gasteiger partial charge in [0.25, 0.3) is 11.8 Å². The lowest BCUT2D eigenvalue weighted by Gasteiger charge is -2.34. The molecule has 6 heterocycles. The Morgan fingerprint density at radius 2 is 1.28 bits per heavy atom. The van der Waals surface area contributed by atoms with Crippen LogP contribution in [-0.4, -0.2) is 133 Å². The van der Waals surface area contributed by atoms with Gasteiger partial charge < -0.3 is 30.1 Å². The van der Waals surface area contributed by atoms with Crippen molar-refractivity contribution in [3.8, 4) is 0 Å². The number of thiazole rings is 2. The van der Waals surface area contributed by atoms with Crippen molar-refractivity contribution in [2.24, 2.45) is 4.99 Å². The number of hydrogen-bond donors (Lipinski definition) is 3. The van der Waals surface area contributed by atoms with Crippen LogP contribution < -0.4 is 10.1 Å². The van der Waals surface area contributed by atoms with Gasteiger partial charge in [0.05, 0.1) is 43.7 Å². The van der Waals surface area contributed by atoms with Crippen molar-refractivity contribution in [1.29, 1.82) is 0 Å². The van der Waals surface area contributed by atoms with Crippen molar-refractivity contribution < 1.29 is 42.9 Å². The zero-order valence-corrected chi connectivity index (χ0v) is 38.8. The van der Waals surface area contributed by atoms with Crippen molar-refractivity contribution in [3.63, 3.8) is 0 Å². The average Bonchev–Trinajstić information content (AvgIpc) is 4.00. The van der Waals surface area contributed by atoms with E-state index >= 15 is 0 Å². The summed E-state index contributed by atoms with van der Waals surface area (Å²) in [5, 5.41) is 26.1. The fourth-order valence-corrected chi connectivity index (χ4v) is 8.77. The molecule has 350 valence electrons. The van der Waals surface area contributed by atoms with Gasteiger partial charge in [0, 0.05) is 95.7 Å². The summed E-state index contributed by atoms with van der Waals surface area (Å²) in [4.78, 5) is 74.3. The Labute approximate surface area is 400 Å². The molecular formula is C44H42Cl2F2N10O7S2. The van der Waals surface area contributed by atoms with Crippen molar-refractivity contribution in [3.05, 3.63) is 144 Å². The number of carbonyl (C=O) groups excluding carboxylic acids is 2. The zero-order valence-electron chi connectivity index (χ0n) is 35.7. The molecule has 2 saturated heterocycles. The van der Waals surface area contributed by atoms with Gasteiger partial charge >= 0.3 is 11.9 Å². The molecule has 0 spiro atoms. The minimum absolute atomic E-state index is 0.0420. The Balaban J connectivity index is 0.000000200. The van der Waals surface area contributed by atoms with Gasteiger partial charge in [0.15, 0.2) is 27.4 Å². The molecule has 0 saturated carbocycles. The molecule has 4 aromatic heterocycles. The highest BCUT2D eigenvalue weighted by atomic mass is 35.5. The molecule has 0 aliphatic carbocycles. The highest BCUT2D eigenvalue weighted by Crippen LogP contribution is 2.24. The van der Waals surface area contributed by atoms with Gasteiger partial charge in [-0.25, -0.2) is 38.3 Å². The molecule has 0 radical (unpaired) electrons. The number of carboxylic acids is 2. The van der Waals surface area contributed by atoms with E-state index in [1.807, 2.05) is 11.6 Å². The number of nitrogens with zero attached hydrogens (tertiary/aromatic N) is 9. The first-order valence-electron chi connectivity index (χ1n) is 20.5. The standard InChI is InChI=1S/C23H23ClFN5O4S.C21H19ClFN5O3S/c1-34-14-30-9-10-35-23(30)27-19-12-15(22(32)33)11-16(26-19)13-28-5-7-29(8-6-28)21(31)17-3-2-4-18(24)20(17)25;22-16-3-1-2-15(18(16)23)19(29)28-7-5-27(6-8-28)12-14-10-13(20(30)31)11-17(25-14)26-21-24-4-9-32-21/h2-4,9-12H,5-8,13-14H2,1H3,(H,32,33);1-4,9-11H,5-8,12H2,(H,30,31)(H,24,25,26). The zero-order chi connectivity index (χ0) is 47.6. The molecule has 2 fully saturated rings. The van der Waals surface area contributed by atoms with Crippen LogP contribution in [-0.2, 0) is 24.6 Å². The Bertz CT molecular complexity index is 2820. The third-order valence-corrected chi connectivity index (χ3v) is 12.6. The van der Waals surface area contributed by atoms with Crippen LogP contribution in [0.15, 0.2) is 88.8 Å². The summed E-state index contributed by atoms with van der Waals surface area (Å²) in [5.74, 6) is -3.66. The fourth-order valence-electron chi connectivity index (χ4n) is 7.16. The minimum atomic E-state index is -1.07. The number of piperazine rings is 2. The predicted molar refractivity (Wildman–Crippen MR) is 248 cm³/mol. The highest BCUT2D eigenvalue weighted by molar-refractivity contribution is 7.13. The lowest BCUT2D eigenvalue weighted by Crippen LogP contribution is -2.48. The van der Waals surface area contributed by atoms with Gasteiger partial charge in [0.1, 0.15) is 12.5 Å². The molecule has 0 unspecified atom stereocenters. The molecule has 0 atom stereocenters. The summed E-state index contributed by atoms with van der Waals surface area (Å²) in [7, 11) is 1.58. The first-order chi connectivity index (χ1) is 32.3. The molecule has 2 aliphatic heterocycles. The molecule has 67 heavy (non-hydrogen) atoms. The molecule has 0 bridgehead atoms. The van der Waals surface area contributed by atoms with E-state index in [9.17, 15) is 38.2 Å². The molecule has 2 aliphatic rings. The maximum absolute atomic E-state index is 14.3. The lowest BCUT2D eigenvalue weighted by atomic mass is 10.1. The van der Waals surface area contributed by atoms with E-state index in [0.717, 1.165) is 0 Å². The van der Waals surface area contributed by atoms with Crippen LogP contribution >= 0.6 is 45.9 Å². The molecule has 6 aromatic rings. The third-order valence-electron chi connectivity index (χ3n) is 10.5. The van der Waals surface area contributed by atoms with E-state index in [2.05, 4.69) is 35.1 Å². The van der Waals surface area contributed by atoms with Gasteiger partial charge in [-0.2, -0.15) is 0 Å². The number of rotatable bonds is 13. The molecule has 23 heteroatoms. The fraction of sp³-hybridized carbons (Fsp3) is 0.273. The SMILES string of the molecule is COCn1ccsc1=Nc1cc(C(=O)O)cc(CN2CCN(C(=O)c3cccc(Cl)c3F)CC2)n1.O=C(O)c1cc(CN2CCN(C(=O)c3cccc(Cl)c3F)CC2)nc(Nc2nccs2)c1. The topological polar surface area (TPSA) is 199 Å². The average molecular weight is 996 g/mol. The van der Waals surface area contributed by atoms with E-state index in [-0.39, 0.29) is 38.1 Å². The van der Waals surface area contributed by atoms with Crippen LogP contribution in [0.5, 0.6) is 0 Å². The number of pyridine rings is 2. The second kappa shape index (κ2) is 22.5. The second-order valence-corrected chi connectivity index (χ2v) is 17.6. The van der Waals surface area contributed by atoms with Gasteiger partial charge in [-0.15, -0.1) is 22.7 Å². The number of hydrogen-bond acceptors (Lipinski definition) is 14. The Morgan fingerprint density at radius 3 is 1.79 bits per heavy atom. The maximum atomic E-state index is 14.3. The number of aromatic carboxylic acids is 2. The van der Waals surface area contributed by atoms with Crippen molar-refractivity contribution in [2.45, 2.75) is 19.8 Å². The van der Waals surface area contributed by atoms with Gasteiger partial charge in [0.2, 0.25) is 0 Å². The molecule has 2 aromatic carbocycles. The van der Waals surface area contributed by atoms with Crippen molar-refractivity contribution in [2.75, 3.05) is 64.8 Å². The van der Waals surface area contributed by atoms with Crippen LogP contribution in [0, 0.1) is 11.6 Å². The maximum Gasteiger partial charge on any atom is 0.335 e. The van der Waals surface area contributed by atoms with Gasteiger partial charge in [-0.3, -0.25) is 24.0 Å². The van der Waals surface area contributed by atoms with Crippen LogP contribution in [0.3, 0.4) is 0 Å². The summed E-state index contributed by atoms with van der Waals surface area (Å²) in [6.07, 6.45) is 3.47. The number of amides is 2. The molecule has 17 nitrogen and oxygen atoms in total. The number of carbonyl (C=O) groups is 4. The van der Waals surface area contributed by atoms with Crippen LogP contribution in [0.25, 0.3) is 0 Å². The summed E-state index contributed by atoms with van der Waals surface area (Å²) >= 11 is 14.4. The summed E-state index contributed by atoms with van der Waals surface area (Å²) < 4.78 is 35.4. The molecule has 8 rings (SSSR count). The van der Waals surface area contributed by atoms with Crippen LogP contribution in [0.4, 0.5) is 25.5 Å². The molecule has 2 amide bonds. The van der Waals surface area contributed by atoms with Gasteiger partial charge in [-0.1, -0.05) is 35.3 Å². The largest absolute Gasteiger partial charge is 0.478 e. The number of ether oxygens (including phenoxy) is 1. The normalized spacial score (nSPS) is 14.7. The summed E-state index contributed by atoms with van der Waals surface area (Å²) in [5.41, 5.74) is 1.27. The number of carboxylic acid groups (broad SMARTS) is 2. The highest BCUT2D eigenvalue weighted by Gasteiger charge is 2.27. The summed E-state index contributed by atoms with van der Waals surface area (Å²) in [6, 6.07) is 14.7. The number of methoxy groups -OCH3 is 1. The third kappa shape index (κ3) is 12.6. The quantitative estimate of drug-likeness (QED) is 0.107. The van der Waals surface area contributed by atoms with E-state index in [1.54, 1.807) is 45.2 Å². The Hall–Kier alpha value is -6.20. The smallest absolute Gasteiger partial charge is 0.335 e. The van der Waals surface area contributed by atoms with E-state index in [1.165, 1.54) is 71.2 Å². The lowest BCUT2D eigenvalue weighted by molar-refractivity contribution is 0.0615. The number of aromatic nitrogens is 4. The number of anilines is 2. The first-order valence-corrected chi connectivity index (χ1v) is 23.0. The second-order valence-electron chi connectivity index (χ2n) is 15.0. The molecular weight excluding hydrogens is 954 g/mol. The molecule has 3 N–H and O–H groups in total. The van der Waals surface area contributed by atoms with Crippen LogP contribution in [0.1, 0.15) is 52.8 Å². The van der Waals surface area contributed by atoms with Crippen LogP contribution in [0.2, 0.25) is 10.0 Å². The predicted octanol–water partition coefficient (Wildman–Crippen LogP) is 6.96. The van der Waals surface area contributed by atoms with E-state index < -0.39 is 35.4 Å². The number of nitrogens with one attached hydrogen (secondary N) is 1. The number of halogens is 4. The van der Waals surface area contributed by atoms with Crippen molar-refractivity contribution in [1.82, 2.24) is 39.1 Å². The first kappa shape index (κ1) is 48.7. The van der Waals surface area contributed by atoms with E-state index in [4.69, 9.17) is 27.9 Å².